The first-order valence-corrected chi connectivity index (χ1v) is 7.82. The lowest BCUT2D eigenvalue weighted by molar-refractivity contribution is 0.319. The fourth-order valence-corrected chi connectivity index (χ4v) is 2.56. The Kier molecular flexibility index (Phi) is 5.93. The molecule has 0 aliphatic carbocycles. The van der Waals surface area contributed by atoms with E-state index in [1.165, 1.54) is 5.56 Å². The Morgan fingerprint density at radius 1 is 1.10 bits per heavy atom. The highest BCUT2D eigenvalue weighted by molar-refractivity contribution is 9.10. The molecule has 2 aromatic carbocycles. The van der Waals surface area contributed by atoms with Gasteiger partial charge in [0.25, 0.3) is 0 Å². The molecule has 0 atom stereocenters. The molecular weight excluding hydrogens is 330 g/mol. The second-order valence-corrected chi connectivity index (χ2v) is 5.52. The van der Waals surface area contributed by atoms with Crippen LogP contribution in [-0.2, 0) is 6.54 Å². The second kappa shape index (κ2) is 7.93. The Hall–Kier alpha value is -1.68. The number of para-hydroxylation sites is 2. The number of methoxy groups -OCH3 is 1. The summed E-state index contributed by atoms with van der Waals surface area (Å²) in [6.45, 7) is 3.56. The van der Waals surface area contributed by atoms with Crippen LogP contribution in [0.15, 0.2) is 46.9 Å². The fraction of sp³-hybridized carbons (Fsp3) is 0.294. The van der Waals surface area contributed by atoms with Gasteiger partial charge in [-0.15, -0.1) is 0 Å². The highest BCUT2D eigenvalue weighted by Gasteiger charge is 2.04. The van der Waals surface area contributed by atoms with E-state index >= 15 is 0 Å². The van der Waals surface area contributed by atoms with Crippen molar-refractivity contribution in [1.29, 1.82) is 0 Å². The molecule has 0 radical (unpaired) electrons. The average Bonchev–Trinajstić information content (AvgIpc) is 2.52. The summed E-state index contributed by atoms with van der Waals surface area (Å²) in [5.41, 5.74) is 2.19. The number of rotatable bonds is 7. The summed E-state index contributed by atoms with van der Waals surface area (Å²) >= 11 is 3.50. The number of ether oxygens (including phenoxy) is 2. The van der Waals surface area contributed by atoms with Crippen molar-refractivity contribution in [3.63, 3.8) is 0 Å². The first kappa shape index (κ1) is 15.7. The van der Waals surface area contributed by atoms with Crippen LogP contribution in [0.1, 0.15) is 18.9 Å². The lowest BCUT2D eigenvalue weighted by Gasteiger charge is -2.13. The number of nitrogens with one attached hydrogen (secondary N) is 1. The standard InChI is InChI=1S/C17H20BrNO2/c1-3-10-21-17-7-5-4-6-15(17)19-12-13-8-9-16(20-2)14(18)11-13/h4-9,11,19H,3,10,12H2,1-2H3. The van der Waals surface area contributed by atoms with Gasteiger partial charge in [0.1, 0.15) is 11.5 Å². The molecule has 0 amide bonds. The molecule has 2 rings (SSSR count). The second-order valence-electron chi connectivity index (χ2n) is 4.67. The molecule has 0 heterocycles. The predicted octanol–water partition coefficient (Wildman–Crippen LogP) is 4.86. The molecule has 2 aromatic rings. The third kappa shape index (κ3) is 4.39. The summed E-state index contributed by atoms with van der Waals surface area (Å²) < 4.78 is 11.9. The molecule has 0 fully saturated rings. The Bertz CT molecular complexity index is 587. The maximum absolute atomic E-state index is 5.74. The maximum Gasteiger partial charge on any atom is 0.142 e. The summed E-state index contributed by atoms with van der Waals surface area (Å²) in [7, 11) is 1.67. The van der Waals surface area contributed by atoms with E-state index in [9.17, 15) is 0 Å². The number of benzene rings is 2. The molecule has 3 nitrogen and oxygen atoms in total. The van der Waals surface area contributed by atoms with Gasteiger partial charge in [0, 0.05) is 6.54 Å². The lowest BCUT2D eigenvalue weighted by Crippen LogP contribution is -2.03. The molecule has 4 heteroatoms. The van der Waals surface area contributed by atoms with Crippen LogP contribution in [0.2, 0.25) is 0 Å². The molecule has 0 aliphatic heterocycles. The van der Waals surface area contributed by atoms with Crippen LogP contribution in [0.3, 0.4) is 0 Å². The van der Waals surface area contributed by atoms with Crippen LogP contribution in [0.5, 0.6) is 11.5 Å². The van der Waals surface area contributed by atoms with Gasteiger partial charge >= 0.3 is 0 Å². The molecule has 0 saturated heterocycles. The monoisotopic (exact) mass is 349 g/mol. The van der Waals surface area contributed by atoms with E-state index < -0.39 is 0 Å². The lowest BCUT2D eigenvalue weighted by atomic mass is 10.2. The Morgan fingerprint density at radius 3 is 2.62 bits per heavy atom. The molecule has 0 saturated carbocycles. The summed E-state index contributed by atoms with van der Waals surface area (Å²) in [4.78, 5) is 0. The molecule has 0 unspecified atom stereocenters. The highest BCUT2D eigenvalue weighted by atomic mass is 79.9. The molecule has 0 aliphatic rings. The minimum atomic E-state index is 0.729. The topological polar surface area (TPSA) is 30.5 Å². The van der Waals surface area contributed by atoms with Crippen molar-refractivity contribution in [3.8, 4) is 11.5 Å². The summed E-state index contributed by atoms with van der Waals surface area (Å²) in [6.07, 6.45) is 1.000. The quantitative estimate of drug-likeness (QED) is 0.774. The van der Waals surface area contributed by atoms with Crippen molar-refractivity contribution in [2.45, 2.75) is 19.9 Å². The van der Waals surface area contributed by atoms with Crippen LogP contribution in [-0.4, -0.2) is 13.7 Å². The predicted molar refractivity (Wildman–Crippen MR) is 90.2 cm³/mol. The van der Waals surface area contributed by atoms with E-state index in [1.807, 2.05) is 36.4 Å². The zero-order chi connectivity index (χ0) is 15.1. The van der Waals surface area contributed by atoms with Crippen molar-refractivity contribution in [2.75, 3.05) is 19.0 Å². The van der Waals surface area contributed by atoms with Gasteiger partial charge in [-0.25, -0.2) is 0 Å². The number of anilines is 1. The van der Waals surface area contributed by atoms with E-state index in [1.54, 1.807) is 7.11 Å². The van der Waals surface area contributed by atoms with Gasteiger partial charge in [-0.2, -0.15) is 0 Å². The summed E-state index contributed by atoms with van der Waals surface area (Å²) in [5, 5.41) is 3.42. The van der Waals surface area contributed by atoms with Crippen LogP contribution in [0, 0.1) is 0 Å². The zero-order valence-electron chi connectivity index (χ0n) is 12.4. The van der Waals surface area contributed by atoms with Crippen molar-refractivity contribution in [3.05, 3.63) is 52.5 Å². The van der Waals surface area contributed by atoms with E-state index in [2.05, 4.69) is 34.2 Å². The molecule has 112 valence electrons. The Labute approximate surface area is 134 Å². The smallest absolute Gasteiger partial charge is 0.142 e. The summed E-state index contributed by atoms with van der Waals surface area (Å²) in [5.74, 6) is 1.73. The minimum absolute atomic E-state index is 0.729. The van der Waals surface area contributed by atoms with Gasteiger partial charge in [0.2, 0.25) is 0 Å². The largest absolute Gasteiger partial charge is 0.496 e. The Balaban J connectivity index is 2.04. The van der Waals surface area contributed by atoms with Crippen LogP contribution >= 0.6 is 15.9 Å². The van der Waals surface area contributed by atoms with E-state index in [0.717, 1.165) is 41.2 Å². The van der Waals surface area contributed by atoms with Crippen LogP contribution < -0.4 is 14.8 Å². The molecule has 0 spiro atoms. The van der Waals surface area contributed by atoms with Crippen LogP contribution in [0.4, 0.5) is 5.69 Å². The van der Waals surface area contributed by atoms with Crippen LogP contribution in [0.25, 0.3) is 0 Å². The number of halogens is 1. The third-order valence-corrected chi connectivity index (χ3v) is 3.67. The molecule has 1 N–H and O–H groups in total. The van der Waals surface area contributed by atoms with E-state index in [0.29, 0.717) is 0 Å². The maximum atomic E-state index is 5.74. The fourth-order valence-electron chi connectivity index (χ4n) is 1.97. The van der Waals surface area contributed by atoms with Crippen molar-refractivity contribution in [1.82, 2.24) is 0 Å². The highest BCUT2D eigenvalue weighted by Crippen LogP contribution is 2.27. The zero-order valence-corrected chi connectivity index (χ0v) is 13.9. The molecular formula is C17H20BrNO2. The van der Waals surface area contributed by atoms with Crippen molar-refractivity contribution < 1.29 is 9.47 Å². The van der Waals surface area contributed by atoms with Gasteiger partial charge in [0.15, 0.2) is 0 Å². The minimum Gasteiger partial charge on any atom is -0.496 e. The first-order chi connectivity index (χ1) is 10.2. The SMILES string of the molecule is CCCOc1ccccc1NCc1ccc(OC)c(Br)c1. The first-order valence-electron chi connectivity index (χ1n) is 7.02. The number of hydrogen-bond acceptors (Lipinski definition) is 3. The van der Waals surface area contributed by atoms with Gasteiger partial charge in [-0.1, -0.05) is 25.1 Å². The third-order valence-electron chi connectivity index (χ3n) is 3.05. The van der Waals surface area contributed by atoms with Crippen molar-refractivity contribution >= 4 is 21.6 Å². The molecule has 0 bridgehead atoms. The molecule has 21 heavy (non-hydrogen) atoms. The molecule has 0 aromatic heterocycles. The van der Waals surface area contributed by atoms with Gasteiger partial charge < -0.3 is 14.8 Å². The summed E-state index contributed by atoms with van der Waals surface area (Å²) in [6, 6.07) is 14.1. The van der Waals surface area contributed by atoms with Gasteiger partial charge in [0.05, 0.1) is 23.9 Å². The Morgan fingerprint density at radius 2 is 1.90 bits per heavy atom. The van der Waals surface area contributed by atoms with Crippen molar-refractivity contribution in [2.24, 2.45) is 0 Å². The van der Waals surface area contributed by atoms with Gasteiger partial charge in [-0.3, -0.25) is 0 Å². The average molecular weight is 350 g/mol. The van der Waals surface area contributed by atoms with Gasteiger partial charge in [-0.05, 0) is 52.2 Å². The number of hydrogen-bond donors (Lipinski definition) is 1. The van der Waals surface area contributed by atoms with E-state index in [-0.39, 0.29) is 0 Å². The van der Waals surface area contributed by atoms with E-state index in [4.69, 9.17) is 9.47 Å². The normalized spacial score (nSPS) is 10.2.